The number of rotatable bonds is 5. The molecule has 2 N–H and O–H groups in total. The summed E-state index contributed by atoms with van der Waals surface area (Å²) >= 11 is 0. The summed E-state index contributed by atoms with van der Waals surface area (Å²) in [5, 5.41) is 2.83. The molecule has 1 aromatic rings. The zero-order valence-corrected chi connectivity index (χ0v) is 15.8. The van der Waals surface area contributed by atoms with E-state index >= 15 is 0 Å². The first-order valence-electron chi connectivity index (χ1n) is 8.69. The van der Waals surface area contributed by atoms with Crippen LogP contribution in [0.25, 0.3) is 0 Å². The van der Waals surface area contributed by atoms with E-state index in [4.69, 9.17) is 9.47 Å². The average Bonchev–Trinajstić information content (AvgIpc) is 3.15. The molecule has 26 heavy (non-hydrogen) atoms. The molecule has 1 amide bonds. The minimum Gasteiger partial charge on any atom is -0.497 e. The molecular formula is C17H25N3O5S. The molecule has 0 bridgehead atoms. The molecule has 8 nitrogen and oxygen atoms in total. The molecule has 2 saturated heterocycles. The second kappa shape index (κ2) is 7.91. The van der Waals surface area contributed by atoms with E-state index in [1.807, 2.05) is 0 Å². The molecule has 0 unspecified atom stereocenters. The number of carbonyl (C=O) groups is 1. The van der Waals surface area contributed by atoms with Crippen LogP contribution in [0.2, 0.25) is 0 Å². The maximum atomic E-state index is 12.6. The van der Waals surface area contributed by atoms with Gasteiger partial charge in [-0.3, -0.25) is 4.79 Å². The number of likely N-dealkylation sites (N-methyl/N-ethyl adjacent to an activating group) is 1. The Labute approximate surface area is 154 Å². The van der Waals surface area contributed by atoms with Crippen LogP contribution >= 0.6 is 0 Å². The molecule has 3 rings (SSSR count). The van der Waals surface area contributed by atoms with Crippen LogP contribution in [0, 0.1) is 0 Å². The zero-order chi connectivity index (χ0) is 18.7. The molecule has 0 spiro atoms. The van der Waals surface area contributed by atoms with Gasteiger partial charge in [0.1, 0.15) is 11.8 Å². The minimum absolute atomic E-state index is 0.0139. The first kappa shape index (κ1) is 19.1. The molecule has 2 fully saturated rings. The van der Waals surface area contributed by atoms with Crippen molar-refractivity contribution in [3.05, 3.63) is 29.8 Å². The molecule has 2 heterocycles. The summed E-state index contributed by atoms with van der Waals surface area (Å²) < 4.78 is 39.3. The van der Waals surface area contributed by atoms with E-state index in [-0.39, 0.29) is 12.0 Å². The molecule has 1 aromatic carbocycles. The molecule has 0 radical (unpaired) electrons. The van der Waals surface area contributed by atoms with Gasteiger partial charge in [0.15, 0.2) is 0 Å². The van der Waals surface area contributed by atoms with E-state index in [2.05, 4.69) is 10.0 Å². The minimum atomic E-state index is -3.75. The highest BCUT2D eigenvalue weighted by Gasteiger charge is 2.40. The molecule has 0 saturated carbocycles. The zero-order valence-electron chi connectivity index (χ0n) is 15.0. The second-order valence-corrected chi connectivity index (χ2v) is 8.36. The summed E-state index contributed by atoms with van der Waals surface area (Å²) in [4.78, 5) is 12.6. The first-order valence-corrected chi connectivity index (χ1v) is 10.1. The third kappa shape index (κ3) is 4.17. The van der Waals surface area contributed by atoms with Gasteiger partial charge >= 0.3 is 0 Å². The topological polar surface area (TPSA) is 97.0 Å². The Balaban J connectivity index is 1.71. The van der Waals surface area contributed by atoms with Crippen LogP contribution in [0.5, 0.6) is 5.75 Å². The van der Waals surface area contributed by atoms with Gasteiger partial charge in [-0.15, -0.1) is 0 Å². The third-order valence-corrected chi connectivity index (χ3v) is 6.51. The van der Waals surface area contributed by atoms with E-state index in [1.165, 1.54) is 7.05 Å². The van der Waals surface area contributed by atoms with Crippen LogP contribution in [-0.2, 0) is 19.7 Å². The Morgan fingerprint density at radius 2 is 2.12 bits per heavy atom. The quantitative estimate of drug-likeness (QED) is 0.775. The second-order valence-electron chi connectivity index (χ2n) is 6.60. The maximum absolute atomic E-state index is 12.6. The predicted octanol–water partition coefficient (Wildman–Crippen LogP) is 0.570. The monoisotopic (exact) mass is 383 g/mol. The van der Waals surface area contributed by atoms with Crippen LogP contribution < -0.4 is 14.8 Å². The van der Waals surface area contributed by atoms with E-state index < -0.39 is 22.3 Å². The number of amides is 1. The summed E-state index contributed by atoms with van der Waals surface area (Å²) in [5.74, 6) is 0.391. The van der Waals surface area contributed by atoms with E-state index in [0.717, 1.165) is 22.7 Å². The van der Waals surface area contributed by atoms with Crippen molar-refractivity contribution >= 4 is 16.1 Å². The highest BCUT2D eigenvalue weighted by Crippen LogP contribution is 2.29. The molecule has 144 valence electrons. The number of ether oxygens (including phenoxy) is 2. The number of carbonyl (C=O) groups excluding carboxylic acids is 1. The van der Waals surface area contributed by atoms with Crippen molar-refractivity contribution in [2.45, 2.75) is 37.5 Å². The number of hydrogen-bond acceptors (Lipinski definition) is 5. The molecule has 2 aliphatic rings. The predicted molar refractivity (Wildman–Crippen MR) is 95.9 cm³/mol. The Hall–Kier alpha value is -1.68. The maximum Gasteiger partial charge on any atom is 0.280 e. The normalized spacial score (nSPS) is 28.6. The van der Waals surface area contributed by atoms with E-state index in [0.29, 0.717) is 25.3 Å². The lowest BCUT2D eigenvalue weighted by atomic mass is 9.99. The largest absolute Gasteiger partial charge is 0.497 e. The fourth-order valence-corrected chi connectivity index (χ4v) is 4.58. The van der Waals surface area contributed by atoms with Crippen molar-refractivity contribution in [3.63, 3.8) is 0 Å². The first-order chi connectivity index (χ1) is 12.4. The van der Waals surface area contributed by atoms with Crippen molar-refractivity contribution in [2.24, 2.45) is 0 Å². The lowest BCUT2D eigenvalue weighted by molar-refractivity contribution is -0.125. The van der Waals surface area contributed by atoms with Crippen LogP contribution in [0.1, 0.15) is 30.9 Å². The van der Waals surface area contributed by atoms with Gasteiger partial charge in [0.25, 0.3) is 10.2 Å². The van der Waals surface area contributed by atoms with Crippen molar-refractivity contribution in [2.75, 3.05) is 27.3 Å². The van der Waals surface area contributed by atoms with Gasteiger partial charge in [-0.25, -0.2) is 0 Å². The van der Waals surface area contributed by atoms with Crippen molar-refractivity contribution in [1.29, 1.82) is 0 Å². The van der Waals surface area contributed by atoms with Crippen molar-refractivity contribution in [1.82, 2.24) is 14.3 Å². The van der Waals surface area contributed by atoms with Gasteiger partial charge in [-0.1, -0.05) is 12.1 Å². The Morgan fingerprint density at radius 3 is 2.73 bits per heavy atom. The van der Waals surface area contributed by atoms with Gasteiger partial charge < -0.3 is 14.8 Å². The van der Waals surface area contributed by atoms with Crippen molar-refractivity contribution in [3.8, 4) is 5.75 Å². The number of hydrogen-bond donors (Lipinski definition) is 2. The molecule has 2 aliphatic heterocycles. The van der Waals surface area contributed by atoms with Gasteiger partial charge in [0.2, 0.25) is 5.91 Å². The Kier molecular flexibility index (Phi) is 5.81. The van der Waals surface area contributed by atoms with Crippen LogP contribution in [0.4, 0.5) is 0 Å². The molecular weight excluding hydrogens is 358 g/mol. The van der Waals surface area contributed by atoms with Gasteiger partial charge in [-0.05, 0) is 37.0 Å². The summed E-state index contributed by atoms with van der Waals surface area (Å²) in [6.07, 6.45) is 2.26. The molecule has 9 heteroatoms. The van der Waals surface area contributed by atoms with E-state index in [9.17, 15) is 13.2 Å². The van der Waals surface area contributed by atoms with Crippen molar-refractivity contribution < 1.29 is 22.7 Å². The summed E-state index contributed by atoms with van der Waals surface area (Å²) in [6.45, 7) is 1.12. The lowest BCUT2D eigenvalue weighted by Crippen LogP contribution is -2.57. The Morgan fingerprint density at radius 1 is 1.38 bits per heavy atom. The number of methoxy groups -OCH3 is 1. The standard InChI is InChI=1S/C17H25N3O5S/c1-20-16(17(21)18-11-14-4-3-9-25-14)10-15(19-26(20,22)23)12-5-7-13(24-2)8-6-12/h5-8,14-16,19H,3-4,9-11H2,1-2H3,(H,18,21)/t14-,15+,16-/m1/s1. The summed E-state index contributed by atoms with van der Waals surface area (Å²) in [5.41, 5.74) is 0.791. The number of benzene rings is 1. The summed E-state index contributed by atoms with van der Waals surface area (Å²) in [7, 11) is -0.755. The molecule has 0 aliphatic carbocycles. The lowest BCUT2D eigenvalue weighted by Gasteiger charge is -2.36. The number of nitrogens with one attached hydrogen (secondary N) is 2. The van der Waals surface area contributed by atoms with Crippen LogP contribution in [0.3, 0.4) is 0 Å². The average molecular weight is 383 g/mol. The van der Waals surface area contributed by atoms with Crippen LogP contribution in [-0.4, -0.2) is 58.1 Å². The highest BCUT2D eigenvalue weighted by molar-refractivity contribution is 7.87. The highest BCUT2D eigenvalue weighted by atomic mass is 32.2. The van der Waals surface area contributed by atoms with E-state index in [1.54, 1.807) is 31.4 Å². The fourth-order valence-electron chi connectivity index (χ4n) is 3.30. The van der Waals surface area contributed by atoms with Gasteiger partial charge in [0, 0.05) is 26.2 Å². The number of nitrogens with zero attached hydrogens (tertiary/aromatic N) is 1. The smallest absolute Gasteiger partial charge is 0.280 e. The van der Waals surface area contributed by atoms with Gasteiger partial charge in [0.05, 0.1) is 13.2 Å². The Bertz CT molecular complexity index is 731. The fraction of sp³-hybridized carbons (Fsp3) is 0.588. The molecule has 0 aromatic heterocycles. The van der Waals surface area contributed by atoms with Gasteiger partial charge in [-0.2, -0.15) is 17.4 Å². The summed E-state index contributed by atoms with van der Waals surface area (Å²) in [6, 6.07) is 5.91. The third-order valence-electron chi connectivity index (χ3n) is 4.92. The molecule has 3 atom stereocenters. The SMILES string of the molecule is COc1ccc([C@@H]2C[C@H](C(=O)NC[C@H]3CCCO3)N(C)S(=O)(=O)N2)cc1. The van der Waals surface area contributed by atoms with Crippen LogP contribution in [0.15, 0.2) is 24.3 Å².